The van der Waals surface area contributed by atoms with E-state index in [2.05, 4.69) is 334 Å². The average molecular weight is 1180 g/mol. The number of fused-ring (bicyclic) bond motifs is 18. The van der Waals surface area contributed by atoms with Crippen molar-refractivity contribution >= 4 is 150 Å². The Morgan fingerprint density at radius 3 is 0.800 bits per heavy atom. The lowest BCUT2D eigenvalue weighted by molar-refractivity contribution is 1.18. The first-order valence-electron chi connectivity index (χ1n) is 30.7. The monoisotopic (exact) mass is 1180 g/mol. The molecule has 0 atom stereocenters. The van der Waals surface area contributed by atoms with Crippen LogP contribution in [-0.4, -0.2) is 18.3 Å². The summed E-state index contributed by atoms with van der Waals surface area (Å²) in [7, 11) is 0. The molecule has 0 fully saturated rings. The predicted molar refractivity (Wildman–Crippen MR) is 387 cm³/mol. The third kappa shape index (κ3) is 7.72. The second-order valence-electron chi connectivity index (χ2n) is 23.5. The molecule has 0 bridgehead atoms. The molecule has 4 nitrogen and oxygen atoms in total. The highest BCUT2D eigenvalue weighted by molar-refractivity contribution is 7.26. The largest absolute Gasteiger partial charge is 0.309 e. The number of rotatable bonds is 6. The van der Waals surface area contributed by atoms with Gasteiger partial charge in [-0.3, -0.25) is 0 Å². The molecule has 0 aliphatic rings. The summed E-state index contributed by atoms with van der Waals surface area (Å²) in [4.78, 5) is 0. The maximum Gasteiger partial charge on any atom is 0.0640 e. The van der Waals surface area contributed by atoms with Crippen molar-refractivity contribution in [2.75, 3.05) is 0 Å². The third-order valence-electron chi connectivity index (χ3n) is 18.6. The zero-order chi connectivity index (χ0) is 59.0. The van der Waals surface area contributed by atoms with Crippen molar-refractivity contribution in [3.05, 3.63) is 315 Å². The van der Waals surface area contributed by atoms with Gasteiger partial charge in [-0.2, -0.15) is 0 Å². The van der Waals surface area contributed by atoms with Gasteiger partial charge >= 0.3 is 0 Å². The molecule has 6 heterocycles. The van der Waals surface area contributed by atoms with Crippen LogP contribution >= 0.6 is 22.7 Å². The molecular weight excluding hydrogens is 1130 g/mol. The van der Waals surface area contributed by atoms with E-state index >= 15 is 0 Å². The van der Waals surface area contributed by atoms with Gasteiger partial charge in [0.15, 0.2) is 0 Å². The molecule has 0 saturated heterocycles. The molecular formula is C84H52N4S2. The topological polar surface area (TPSA) is 19.7 Å². The molecule has 6 heteroatoms. The van der Waals surface area contributed by atoms with Gasteiger partial charge in [0, 0.05) is 85.4 Å². The van der Waals surface area contributed by atoms with Crippen LogP contribution in [0.15, 0.2) is 315 Å². The average Bonchev–Trinajstić information content (AvgIpc) is 1.63. The van der Waals surface area contributed by atoms with Crippen molar-refractivity contribution in [3.8, 4) is 45.0 Å². The molecule has 14 aromatic carbocycles. The first kappa shape index (κ1) is 50.8. The smallest absolute Gasteiger partial charge is 0.0640 e. The van der Waals surface area contributed by atoms with Crippen LogP contribution in [0.3, 0.4) is 0 Å². The van der Waals surface area contributed by atoms with Gasteiger partial charge in [-0.1, -0.05) is 194 Å². The molecule has 0 aliphatic carbocycles. The minimum Gasteiger partial charge on any atom is -0.309 e. The van der Waals surface area contributed by atoms with Crippen LogP contribution in [0.1, 0.15) is 0 Å². The van der Waals surface area contributed by atoms with E-state index in [1.54, 1.807) is 0 Å². The summed E-state index contributed by atoms with van der Waals surface area (Å²) >= 11 is 3.77. The van der Waals surface area contributed by atoms with Crippen LogP contribution in [0.4, 0.5) is 0 Å². The van der Waals surface area contributed by atoms with Gasteiger partial charge < -0.3 is 18.3 Å². The van der Waals surface area contributed by atoms with Crippen LogP contribution in [-0.2, 0) is 0 Å². The van der Waals surface area contributed by atoms with E-state index in [4.69, 9.17) is 0 Å². The number of hydrogen-bond donors (Lipinski definition) is 0. The van der Waals surface area contributed by atoms with Crippen LogP contribution in [0, 0.1) is 0 Å². The Labute approximate surface area is 525 Å². The predicted octanol–water partition coefficient (Wildman–Crippen LogP) is 23.8. The molecule has 0 unspecified atom stereocenters. The number of benzene rings is 14. The maximum atomic E-state index is 2.46. The van der Waals surface area contributed by atoms with Gasteiger partial charge in [-0.15, -0.1) is 22.7 Å². The fourth-order valence-electron chi connectivity index (χ4n) is 14.7. The highest BCUT2D eigenvalue weighted by Crippen LogP contribution is 2.45. The number of para-hydroxylation sites is 6. The fraction of sp³-hybridized carbons (Fsp3) is 0. The number of thiophene rings is 2. The Kier molecular flexibility index (Phi) is 11.4. The highest BCUT2D eigenvalue weighted by Gasteiger charge is 2.21. The Balaban J connectivity index is 0.000000130. The van der Waals surface area contributed by atoms with Crippen LogP contribution in [0.5, 0.6) is 0 Å². The van der Waals surface area contributed by atoms with Crippen LogP contribution in [0.25, 0.3) is 173 Å². The molecule has 20 aromatic rings. The van der Waals surface area contributed by atoms with Crippen molar-refractivity contribution in [3.63, 3.8) is 0 Å². The molecule has 0 aliphatic heterocycles. The Bertz CT molecular complexity index is 5900. The number of aromatic nitrogens is 4. The van der Waals surface area contributed by atoms with Crippen molar-refractivity contribution in [2.24, 2.45) is 0 Å². The van der Waals surface area contributed by atoms with Gasteiger partial charge in [0.25, 0.3) is 0 Å². The van der Waals surface area contributed by atoms with E-state index in [1.165, 1.54) is 173 Å². The van der Waals surface area contributed by atoms with E-state index < -0.39 is 0 Å². The SMILES string of the molecule is c1ccc(-n2c3ccccc3c3cc(-c4ccc5c(c4)c4ccccc4n5-c4cccc5c4sc4ccccc45)ccc32)cc1.c1ccc(-n2c3ccccc3c3cc(-c4ccc5c(c4)c4ccccc4n5-c4cccc5c4sc4ccccc45)ccc32)cc1. The lowest BCUT2D eigenvalue weighted by Gasteiger charge is -2.10. The van der Waals surface area contributed by atoms with Gasteiger partial charge in [-0.25, -0.2) is 0 Å². The summed E-state index contributed by atoms with van der Waals surface area (Å²) in [5.74, 6) is 0. The van der Waals surface area contributed by atoms with Crippen LogP contribution < -0.4 is 0 Å². The second kappa shape index (κ2) is 20.1. The summed E-state index contributed by atoms with van der Waals surface area (Å²) in [5, 5.41) is 15.5. The summed E-state index contributed by atoms with van der Waals surface area (Å²) in [6, 6.07) is 115. The summed E-state index contributed by atoms with van der Waals surface area (Å²) in [6.07, 6.45) is 0. The number of nitrogens with zero attached hydrogens (tertiary/aromatic N) is 4. The molecule has 0 N–H and O–H groups in total. The molecule has 0 amide bonds. The molecule has 0 spiro atoms. The lowest BCUT2D eigenvalue weighted by Crippen LogP contribution is -1.94. The highest BCUT2D eigenvalue weighted by atomic mass is 32.1. The minimum atomic E-state index is 1.18. The van der Waals surface area contributed by atoms with Crippen molar-refractivity contribution in [2.45, 2.75) is 0 Å². The molecule has 420 valence electrons. The zero-order valence-electron chi connectivity index (χ0n) is 48.6. The fourth-order valence-corrected chi connectivity index (χ4v) is 17.1. The molecule has 90 heavy (non-hydrogen) atoms. The molecule has 0 radical (unpaired) electrons. The lowest BCUT2D eigenvalue weighted by atomic mass is 10.0. The summed E-state index contributed by atoms with van der Waals surface area (Å²) in [6.45, 7) is 0. The van der Waals surface area contributed by atoms with Gasteiger partial charge in [0.05, 0.1) is 64.9 Å². The standard InChI is InChI=1S/2C42H26N2S/c2*1-2-11-29(12-3-1)43-36-17-7-4-13-30(36)34-25-27(21-23-38(34)43)28-22-24-39-35(26-28)31-14-5-8-18-37(31)44(39)40-19-10-16-33-32-15-6-9-20-41(32)45-42(33)40/h2*1-26H. The van der Waals surface area contributed by atoms with E-state index in [-0.39, 0.29) is 0 Å². The van der Waals surface area contributed by atoms with E-state index in [0.717, 1.165) is 0 Å². The van der Waals surface area contributed by atoms with E-state index in [1.807, 2.05) is 22.7 Å². The van der Waals surface area contributed by atoms with Gasteiger partial charge in [0.1, 0.15) is 0 Å². The van der Waals surface area contributed by atoms with Crippen molar-refractivity contribution < 1.29 is 0 Å². The Hall–Kier alpha value is -11.3. The normalized spacial score (nSPS) is 12.0. The Morgan fingerprint density at radius 2 is 0.444 bits per heavy atom. The molecule has 20 rings (SSSR count). The van der Waals surface area contributed by atoms with Crippen molar-refractivity contribution in [1.29, 1.82) is 0 Å². The van der Waals surface area contributed by atoms with E-state index in [0.29, 0.717) is 0 Å². The zero-order valence-corrected chi connectivity index (χ0v) is 50.3. The van der Waals surface area contributed by atoms with Gasteiger partial charge in [-0.05, 0) is 144 Å². The summed E-state index contributed by atoms with van der Waals surface area (Å²) in [5.41, 5.74) is 19.6. The number of hydrogen-bond acceptors (Lipinski definition) is 2. The minimum absolute atomic E-state index is 1.18. The maximum absolute atomic E-state index is 2.46. The van der Waals surface area contributed by atoms with Crippen molar-refractivity contribution in [1.82, 2.24) is 18.3 Å². The second-order valence-corrected chi connectivity index (χ2v) is 25.6. The Morgan fingerprint density at radius 1 is 0.178 bits per heavy atom. The van der Waals surface area contributed by atoms with E-state index in [9.17, 15) is 0 Å². The summed E-state index contributed by atoms with van der Waals surface area (Å²) < 4.78 is 15.0. The molecule has 6 aromatic heterocycles. The quantitative estimate of drug-likeness (QED) is 0.158. The van der Waals surface area contributed by atoms with Crippen LogP contribution in [0.2, 0.25) is 0 Å². The first-order chi connectivity index (χ1) is 44.7. The third-order valence-corrected chi connectivity index (χ3v) is 21.1. The van der Waals surface area contributed by atoms with Gasteiger partial charge in [0.2, 0.25) is 0 Å². The first-order valence-corrected chi connectivity index (χ1v) is 32.4. The molecule has 0 saturated carbocycles.